The van der Waals surface area contributed by atoms with E-state index in [1.54, 1.807) is 30.3 Å². The van der Waals surface area contributed by atoms with Gasteiger partial charge in [-0.05, 0) is 35.9 Å². The number of aromatic nitrogens is 1. The molecule has 1 aromatic heterocycles. The molecule has 6 heteroatoms. The first-order valence-electron chi connectivity index (χ1n) is 5.61. The van der Waals surface area contributed by atoms with Gasteiger partial charge in [0.15, 0.2) is 0 Å². The molecule has 0 fully saturated rings. The molecule has 0 saturated heterocycles. The van der Waals surface area contributed by atoms with Gasteiger partial charge in [0.05, 0.1) is 5.69 Å². The van der Waals surface area contributed by atoms with E-state index in [0.717, 1.165) is 17.7 Å². The summed E-state index contributed by atoms with van der Waals surface area (Å²) in [5.74, 6) is -2.57. The van der Waals surface area contributed by atoms with E-state index in [9.17, 15) is 13.6 Å². The van der Waals surface area contributed by atoms with Gasteiger partial charge in [-0.2, -0.15) is 13.8 Å². The smallest absolute Gasteiger partial charge is 0.248 e. The second kappa shape index (κ2) is 6.25. The van der Waals surface area contributed by atoms with Crippen LogP contribution in [0.1, 0.15) is 5.56 Å². The van der Waals surface area contributed by atoms with Gasteiger partial charge in [0.1, 0.15) is 0 Å². The highest BCUT2D eigenvalue weighted by Crippen LogP contribution is 2.13. The Hall–Kier alpha value is -2.27. The number of pyridine rings is 1. The number of hydrogen-bond acceptors (Lipinski definition) is 2. The second-order valence-electron chi connectivity index (χ2n) is 3.85. The Morgan fingerprint density at radius 2 is 1.85 bits per heavy atom. The molecule has 1 N–H and O–H groups in total. The van der Waals surface area contributed by atoms with E-state index < -0.39 is 17.8 Å². The predicted octanol–water partition coefficient (Wildman–Crippen LogP) is 3.67. The lowest BCUT2D eigenvalue weighted by atomic mass is 10.2. The Labute approximate surface area is 118 Å². The number of rotatable bonds is 3. The van der Waals surface area contributed by atoms with E-state index in [2.05, 4.69) is 10.3 Å². The quantitative estimate of drug-likeness (QED) is 0.693. The van der Waals surface area contributed by atoms with Gasteiger partial charge in [-0.3, -0.25) is 4.79 Å². The molecule has 0 atom stereocenters. The zero-order valence-electron chi connectivity index (χ0n) is 10.1. The van der Waals surface area contributed by atoms with E-state index >= 15 is 0 Å². The van der Waals surface area contributed by atoms with E-state index in [4.69, 9.17) is 11.6 Å². The van der Waals surface area contributed by atoms with Gasteiger partial charge in [0, 0.05) is 11.1 Å². The molecule has 0 radical (unpaired) electrons. The van der Waals surface area contributed by atoms with Crippen LogP contribution in [-0.2, 0) is 4.79 Å². The zero-order chi connectivity index (χ0) is 14.5. The number of hydrogen-bond donors (Lipinski definition) is 1. The van der Waals surface area contributed by atoms with Gasteiger partial charge in [-0.25, -0.2) is 0 Å². The van der Waals surface area contributed by atoms with Gasteiger partial charge in [-0.15, -0.1) is 0 Å². The molecule has 1 heterocycles. The van der Waals surface area contributed by atoms with Crippen LogP contribution in [0, 0.1) is 11.9 Å². The first kappa shape index (κ1) is 14.1. The summed E-state index contributed by atoms with van der Waals surface area (Å²) in [4.78, 5) is 14.5. The van der Waals surface area contributed by atoms with E-state index in [0.29, 0.717) is 5.02 Å². The fraction of sp³-hybridized carbons (Fsp3) is 0. The highest BCUT2D eigenvalue weighted by molar-refractivity contribution is 6.30. The minimum Gasteiger partial charge on any atom is -0.319 e. The second-order valence-corrected chi connectivity index (χ2v) is 4.28. The summed E-state index contributed by atoms with van der Waals surface area (Å²) >= 11 is 5.73. The van der Waals surface area contributed by atoms with Crippen molar-refractivity contribution in [1.82, 2.24) is 4.98 Å². The molecule has 3 nitrogen and oxygen atoms in total. The van der Waals surface area contributed by atoms with Crippen LogP contribution in [0.15, 0.2) is 42.5 Å². The first-order chi connectivity index (χ1) is 9.54. The number of amides is 1. The average Bonchev–Trinajstić information content (AvgIpc) is 2.41. The van der Waals surface area contributed by atoms with Crippen molar-refractivity contribution in [3.8, 4) is 0 Å². The number of nitrogens with one attached hydrogen (secondary N) is 1. The summed E-state index contributed by atoms with van der Waals surface area (Å²) in [5.41, 5.74) is 0.583. The summed E-state index contributed by atoms with van der Waals surface area (Å²) < 4.78 is 25.8. The van der Waals surface area contributed by atoms with Crippen molar-refractivity contribution >= 4 is 29.3 Å². The maximum Gasteiger partial charge on any atom is 0.248 e. The lowest BCUT2D eigenvalue weighted by molar-refractivity contribution is -0.111. The molecule has 2 aromatic rings. The monoisotopic (exact) mass is 294 g/mol. The molecule has 0 spiro atoms. The highest BCUT2D eigenvalue weighted by atomic mass is 35.5. The van der Waals surface area contributed by atoms with Crippen LogP contribution in [0.3, 0.4) is 0 Å². The van der Waals surface area contributed by atoms with Crippen LogP contribution >= 0.6 is 11.6 Å². The summed E-state index contributed by atoms with van der Waals surface area (Å²) in [7, 11) is 0. The number of halogens is 3. The SMILES string of the molecule is O=C(/C=C/c1ccc(Cl)cc1)Nc1ccc(F)nc1F. The topological polar surface area (TPSA) is 42.0 Å². The maximum atomic E-state index is 13.2. The minimum atomic E-state index is -1.07. The van der Waals surface area contributed by atoms with Crippen molar-refractivity contribution < 1.29 is 13.6 Å². The fourth-order valence-electron chi connectivity index (χ4n) is 1.43. The number of nitrogens with zero attached hydrogens (tertiary/aromatic N) is 1. The standard InChI is InChI=1S/C14H9ClF2N2O/c15-10-4-1-9(2-5-10)3-8-13(20)18-11-6-7-12(16)19-14(11)17/h1-8H,(H,18,20)/b8-3+. The number of benzene rings is 1. The summed E-state index contributed by atoms with van der Waals surface area (Å²) in [6.07, 6.45) is 2.77. The van der Waals surface area contributed by atoms with Crippen LogP contribution in [0.25, 0.3) is 6.08 Å². The normalized spacial score (nSPS) is 10.8. The molecule has 1 aromatic carbocycles. The number of anilines is 1. The lowest BCUT2D eigenvalue weighted by Crippen LogP contribution is -2.10. The summed E-state index contributed by atoms with van der Waals surface area (Å²) in [5, 5.41) is 2.85. The van der Waals surface area contributed by atoms with Crippen LogP contribution in [-0.4, -0.2) is 10.9 Å². The molecule has 0 aliphatic rings. The van der Waals surface area contributed by atoms with Crippen molar-refractivity contribution in [2.24, 2.45) is 0 Å². The molecule has 2 rings (SSSR count). The molecule has 0 unspecified atom stereocenters. The predicted molar refractivity (Wildman–Crippen MR) is 73.3 cm³/mol. The van der Waals surface area contributed by atoms with E-state index in [1.165, 1.54) is 6.08 Å². The van der Waals surface area contributed by atoms with Gasteiger partial charge >= 0.3 is 0 Å². The van der Waals surface area contributed by atoms with Crippen molar-refractivity contribution in [1.29, 1.82) is 0 Å². The molecule has 0 aliphatic heterocycles. The molecule has 0 bridgehead atoms. The van der Waals surface area contributed by atoms with Crippen LogP contribution < -0.4 is 5.32 Å². The first-order valence-corrected chi connectivity index (χ1v) is 5.99. The highest BCUT2D eigenvalue weighted by Gasteiger charge is 2.06. The van der Waals surface area contributed by atoms with E-state index in [1.807, 2.05) is 0 Å². The average molecular weight is 295 g/mol. The third kappa shape index (κ3) is 3.86. The number of carbonyl (C=O) groups is 1. The Kier molecular flexibility index (Phi) is 4.42. The maximum absolute atomic E-state index is 13.2. The number of carbonyl (C=O) groups excluding carboxylic acids is 1. The third-order valence-corrected chi connectivity index (χ3v) is 2.62. The minimum absolute atomic E-state index is 0.183. The fourth-order valence-corrected chi connectivity index (χ4v) is 1.55. The summed E-state index contributed by atoms with van der Waals surface area (Å²) in [6.45, 7) is 0. The van der Waals surface area contributed by atoms with Crippen molar-refractivity contribution in [2.45, 2.75) is 0 Å². The third-order valence-electron chi connectivity index (χ3n) is 2.37. The largest absolute Gasteiger partial charge is 0.319 e. The van der Waals surface area contributed by atoms with Crippen LogP contribution in [0.2, 0.25) is 5.02 Å². The molecule has 0 aliphatic carbocycles. The van der Waals surface area contributed by atoms with Crippen LogP contribution in [0.5, 0.6) is 0 Å². The Bertz CT molecular complexity index is 657. The van der Waals surface area contributed by atoms with Crippen molar-refractivity contribution in [3.63, 3.8) is 0 Å². The van der Waals surface area contributed by atoms with Gasteiger partial charge in [0.25, 0.3) is 0 Å². The van der Waals surface area contributed by atoms with Gasteiger partial charge in [0.2, 0.25) is 17.8 Å². The molecular weight excluding hydrogens is 286 g/mol. The molecule has 102 valence electrons. The molecule has 1 amide bonds. The van der Waals surface area contributed by atoms with Crippen LogP contribution in [0.4, 0.5) is 14.5 Å². The lowest BCUT2D eigenvalue weighted by Gasteiger charge is -2.02. The Morgan fingerprint density at radius 1 is 1.15 bits per heavy atom. The Balaban J connectivity index is 2.03. The Morgan fingerprint density at radius 3 is 2.50 bits per heavy atom. The molecular formula is C14H9ClF2N2O. The zero-order valence-corrected chi connectivity index (χ0v) is 10.9. The van der Waals surface area contributed by atoms with Gasteiger partial charge in [-0.1, -0.05) is 23.7 Å². The van der Waals surface area contributed by atoms with Gasteiger partial charge < -0.3 is 5.32 Å². The van der Waals surface area contributed by atoms with E-state index in [-0.39, 0.29) is 5.69 Å². The van der Waals surface area contributed by atoms with Crippen molar-refractivity contribution in [3.05, 3.63) is 65.0 Å². The van der Waals surface area contributed by atoms with Crippen molar-refractivity contribution in [2.75, 3.05) is 5.32 Å². The molecule has 20 heavy (non-hydrogen) atoms. The summed E-state index contributed by atoms with van der Waals surface area (Å²) in [6, 6.07) is 8.89. The molecule has 0 saturated carbocycles.